The Kier molecular flexibility index (Phi) is 6.78. The summed E-state index contributed by atoms with van der Waals surface area (Å²) in [5, 5.41) is 3.34. The van der Waals surface area contributed by atoms with Crippen LogP contribution in [-0.4, -0.2) is 19.2 Å². The molecule has 0 aliphatic heterocycles. The van der Waals surface area contributed by atoms with Crippen LogP contribution in [0.25, 0.3) is 0 Å². The highest BCUT2D eigenvalue weighted by atomic mass is 79.9. The minimum absolute atomic E-state index is 0.266. The molecule has 0 fully saturated rings. The molecule has 1 atom stereocenters. The first-order chi connectivity index (χ1) is 8.15. The van der Waals surface area contributed by atoms with Gasteiger partial charge in [-0.25, -0.2) is 0 Å². The Balaban J connectivity index is 2.49. The number of hydrogen-bond donors (Lipinski definition) is 1. The molecule has 1 aromatic carbocycles. The van der Waals surface area contributed by atoms with Crippen molar-refractivity contribution in [1.29, 1.82) is 0 Å². The summed E-state index contributed by atoms with van der Waals surface area (Å²) in [4.78, 5) is 0. The standard InChI is InChI=1S/C14H22BrNO/c1-4-16-9-14(11(2)3)17-10-12-7-5-6-8-13(12)15/h5-8,11,14,16H,4,9-10H2,1-3H3. The highest BCUT2D eigenvalue weighted by molar-refractivity contribution is 9.10. The van der Waals surface area contributed by atoms with Gasteiger partial charge in [0.05, 0.1) is 12.7 Å². The van der Waals surface area contributed by atoms with Gasteiger partial charge >= 0.3 is 0 Å². The third-order valence-corrected chi connectivity index (χ3v) is 3.52. The van der Waals surface area contributed by atoms with Crippen LogP contribution in [0.3, 0.4) is 0 Å². The molecule has 0 spiro atoms. The summed E-state index contributed by atoms with van der Waals surface area (Å²) in [6.45, 7) is 9.07. The zero-order valence-corrected chi connectivity index (χ0v) is 12.5. The second-order valence-corrected chi connectivity index (χ2v) is 5.35. The van der Waals surface area contributed by atoms with Crippen LogP contribution in [0.5, 0.6) is 0 Å². The summed E-state index contributed by atoms with van der Waals surface area (Å²) in [5.74, 6) is 0.525. The van der Waals surface area contributed by atoms with E-state index in [1.807, 2.05) is 18.2 Å². The molecule has 1 rings (SSSR count). The van der Waals surface area contributed by atoms with E-state index >= 15 is 0 Å². The van der Waals surface area contributed by atoms with E-state index < -0.39 is 0 Å². The first-order valence-electron chi connectivity index (χ1n) is 6.20. The molecule has 96 valence electrons. The molecule has 0 saturated carbocycles. The van der Waals surface area contributed by atoms with Gasteiger partial charge in [0.25, 0.3) is 0 Å². The predicted molar refractivity (Wildman–Crippen MR) is 76.1 cm³/mol. The highest BCUT2D eigenvalue weighted by Gasteiger charge is 2.13. The second-order valence-electron chi connectivity index (χ2n) is 4.49. The molecule has 1 N–H and O–H groups in total. The molecule has 0 aliphatic rings. The van der Waals surface area contributed by atoms with E-state index in [1.54, 1.807) is 0 Å². The minimum Gasteiger partial charge on any atom is -0.372 e. The fourth-order valence-electron chi connectivity index (χ4n) is 1.59. The minimum atomic E-state index is 0.266. The third kappa shape index (κ3) is 5.19. The van der Waals surface area contributed by atoms with Gasteiger partial charge in [-0.05, 0) is 24.1 Å². The molecule has 0 amide bonds. The Labute approximate surface area is 113 Å². The van der Waals surface area contributed by atoms with E-state index in [1.165, 1.54) is 5.56 Å². The van der Waals surface area contributed by atoms with Crippen molar-refractivity contribution in [3.05, 3.63) is 34.3 Å². The largest absolute Gasteiger partial charge is 0.372 e. The quantitative estimate of drug-likeness (QED) is 0.831. The summed E-state index contributed by atoms with van der Waals surface area (Å²) in [6.07, 6.45) is 0.266. The Morgan fingerprint density at radius 1 is 1.29 bits per heavy atom. The third-order valence-electron chi connectivity index (χ3n) is 2.75. The lowest BCUT2D eigenvalue weighted by atomic mass is 10.1. The van der Waals surface area contributed by atoms with Crippen LogP contribution in [-0.2, 0) is 11.3 Å². The van der Waals surface area contributed by atoms with Crippen LogP contribution in [0.4, 0.5) is 0 Å². The Bertz CT molecular complexity index is 328. The first kappa shape index (κ1) is 14.7. The van der Waals surface area contributed by atoms with E-state index in [4.69, 9.17) is 4.74 Å². The maximum absolute atomic E-state index is 5.98. The van der Waals surface area contributed by atoms with Crippen LogP contribution in [0.2, 0.25) is 0 Å². The molecule has 17 heavy (non-hydrogen) atoms. The molecule has 3 heteroatoms. The molecule has 0 aliphatic carbocycles. The lowest BCUT2D eigenvalue weighted by Crippen LogP contribution is -2.33. The van der Waals surface area contributed by atoms with Gasteiger partial charge in [-0.1, -0.05) is 54.9 Å². The van der Waals surface area contributed by atoms with Crippen molar-refractivity contribution in [3.8, 4) is 0 Å². The van der Waals surface area contributed by atoms with E-state index in [0.717, 1.165) is 17.6 Å². The van der Waals surface area contributed by atoms with Crippen LogP contribution >= 0.6 is 15.9 Å². The Hall–Kier alpha value is -0.380. The van der Waals surface area contributed by atoms with Crippen molar-refractivity contribution in [2.75, 3.05) is 13.1 Å². The van der Waals surface area contributed by atoms with E-state index in [-0.39, 0.29) is 6.10 Å². The molecule has 2 nitrogen and oxygen atoms in total. The second kappa shape index (κ2) is 7.85. The van der Waals surface area contributed by atoms with Gasteiger partial charge in [0, 0.05) is 11.0 Å². The normalized spacial score (nSPS) is 13.0. The van der Waals surface area contributed by atoms with Crippen molar-refractivity contribution < 1.29 is 4.74 Å². The molecular formula is C14H22BrNO. The van der Waals surface area contributed by atoms with Crippen LogP contribution in [0, 0.1) is 5.92 Å². The molecule has 0 heterocycles. The van der Waals surface area contributed by atoms with Crippen LogP contribution in [0.15, 0.2) is 28.7 Å². The van der Waals surface area contributed by atoms with Gasteiger partial charge in [0.2, 0.25) is 0 Å². The fraction of sp³-hybridized carbons (Fsp3) is 0.571. The lowest BCUT2D eigenvalue weighted by Gasteiger charge is -2.22. The highest BCUT2D eigenvalue weighted by Crippen LogP contribution is 2.18. The van der Waals surface area contributed by atoms with Gasteiger partial charge in [-0.3, -0.25) is 0 Å². The number of hydrogen-bond acceptors (Lipinski definition) is 2. The SMILES string of the molecule is CCNCC(OCc1ccccc1Br)C(C)C. The summed E-state index contributed by atoms with van der Waals surface area (Å²) in [5.41, 5.74) is 1.20. The summed E-state index contributed by atoms with van der Waals surface area (Å²) < 4.78 is 7.10. The maximum atomic E-state index is 5.98. The average molecular weight is 300 g/mol. The smallest absolute Gasteiger partial charge is 0.0732 e. The van der Waals surface area contributed by atoms with Gasteiger partial charge in [-0.15, -0.1) is 0 Å². The van der Waals surface area contributed by atoms with Crippen LogP contribution in [0.1, 0.15) is 26.3 Å². The Morgan fingerprint density at radius 2 is 2.00 bits per heavy atom. The topological polar surface area (TPSA) is 21.3 Å². The summed E-state index contributed by atoms with van der Waals surface area (Å²) in [7, 11) is 0. The van der Waals surface area contributed by atoms with Gasteiger partial charge in [0.15, 0.2) is 0 Å². The van der Waals surface area contributed by atoms with E-state index in [2.05, 4.69) is 48.1 Å². The predicted octanol–water partition coefficient (Wildman–Crippen LogP) is 3.60. The number of rotatable bonds is 7. The van der Waals surface area contributed by atoms with E-state index in [0.29, 0.717) is 12.5 Å². The Morgan fingerprint density at radius 3 is 2.59 bits per heavy atom. The number of nitrogens with one attached hydrogen (secondary N) is 1. The maximum Gasteiger partial charge on any atom is 0.0732 e. The van der Waals surface area contributed by atoms with Gasteiger partial charge in [0.1, 0.15) is 0 Å². The zero-order chi connectivity index (χ0) is 12.7. The van der Waals surface area contributed by atoms with Crippen molar-refractivity contribution in [3.63, 3.8) is 0 Å². The van der Waals surface area contributed by atoms with Gasteiger partial charge in [-0.2, -0.15) is 0 Å². The first-order valence-corrected chi connectivity index (χ1v) is 7.00. The summed E-state index contributed by atoms with van der Waals surface area (Å²) in [6, 6.07) is 8.20. The molecular weight excluding hydrogens is 278 g/mol. The van der Waals surface area contributed by atoms with Crippen molar-refractivity contribution >= 4 is 15.9 Å². The fourth-order valence-corrected chi connectivity index (χ4v) is 1.99. The number of likely N-dealkylation sites (N-methyl/N-ethyl adjacent to an activating group) is 1. The molecule has 0 saturated heterocycles. The molecule has 0 radical (unpaired) electrons. The van der Waals surface area contributed by atoms with Crippen molar-refractivity contribution in [1.82, 2.24) is 5.32 Å². The molecule has 0 aromatic heterocycles. The summed E-state index contributed by atoms with van der Waals surface area (Å²) >= 11 is 3.54. The monoisotopic (exact) mass is 299 g/mol. The molecule has 1 aromatic rings. The molecule has 1 unspecified atom stereocenters. The van der Waals surface area contributed by atoms with Crippen LogP contribution < -0.4 is 5.32 Å². The van der Waals surface area contributed by atoms with Gasteiger partial charge < -0.3 is 10.1 Å². The lowest BCUT2D eigenvalue weighted by molar-refractivity contribution is 0.0114. The number of halogens is 1. The molecule has 0 bridgehead atoms. The van der Waals surface area contributed by atoms with Crippen molar-refractivity contribution in [2.24, 2.45) is 5.92 Å². The number of benzene rings is 1. The average Bonchev–Trinajstić information content (AvgIpc) is 2.31. The van der Waals surface area contributed by atoms with Crippen molar-refractivity contribution in [2.45, 2.75) is 33.5 Å². The van der Waals surface area contributed by atoms with E-state index in [9.17, 15) is 0 Å². The number of ether oxygens (including phenoxy) is 1. The zero-order valence-electron chi connectivity index (χ0n) is 10.9.